The van der Waals surface area contributed by atoms with E-state index in [1.165, 1.54) is 11.1 Å². The molecule has 128 valence electrons. The van der Waals surface area contributed by atoms with Crippen LogP contribution in [0.25, 0.3) is 0 Å². The number of aryl methyl sites for hydroxylation is 1. The highest BCUT2D eigenvalue weighted by atomic mass is 16.3. The third kappa shape index (κ3) is 4.04. The van der Waals surface area contributed by atoms with Crippen LogP contribution in [-0.2, 0) is 17.8 Å². The van der Waals surface area contributed by atoms with Gasteiger partial charge in [-0.05, 0) is 42.5 Å². The number of nitrogens with zero attached hydrogens (tertiary/aromatic N) is 1. The fraction of sp³-hybridized carbons (Fsp3) is 0.421. The molecule has 2 aromatic rings. The zero-order chi connectivity index (χ0) is 16.8. The minimum atomic E-state index is -0.0529. The maximum absolute atomic E-state index is 12.3. The topological polar surface area (TPSA) is 65.7 Å². The number of carbonyl (C=O) groups excluding carboxylic acids is 1. The van der Waals surface area contributed by atoms with Gasteiger partial charge in [-0.3, -0.25) is 9.69 Å². The van der Waals surface area contributed by atoms with Crippen LogP contribution in [-0.4, -0.2) is 35.6 Å². The minimum absolute atomic E-state index is 0.0458. The van der Waals surface area contributed by atoms with E-state index >= 15 is 0 Å². The summed E-state index contributed by atoms with van der Waals surface area (Å²) in [5, 5.41) is 12.3. The van der Waals surface area contributed by atoms with Crippen LogP contribution in [0, 0.1) is 0 Å². The first-order valence-electron chi connectivity index (χ1n) is 8.49. The third-order valence-electron chi connectivity index (χ3n) is 4.55. The lowest BCUT2D eigenvalue weighted by Crippen LogP contribution is -2.41. The Morgan fingerprint density at radius 1 is 1.29 bits per heavy atom. The second-order valence-electron chi connectivity index (χ2n) is 6.16. The molecule has 1 amide bonds. The first-order chi connectivity index (χ1) is 11.8. The van der Waals surface area contributed by atoms with Gasteiger partial charge in [-0.1, -0.05) is 24.3 Å². The van der Waals surface area contributed by atoms with Crippen molar-refractivity contribution in [1.82, 2.24) is 10.2 Å². The van der Waals surface area contributed by atoms with Gasteiger partial charge >= 0.3 is 0 Å². The summed E-state index contributed by atoms with van der Waals surface area (Å²) in [5.41, 5.74) is 2.64. The molecule has 0 saturated carbocycles. The highest BCUT2D eigenvalue weighted by Gasteiger charge is 2.26. The molecule has 0 bridgehead atoms. The number of aliphatic hydroxyl groups is 1. The van der Waals surface area contributed by atoms with Gasteiger partial charge in [0.2, 0.25) is 5.91 Å². The molecule has 1 unspecified atom stereocenters. The molecule has 5 nitrogen and oxygen atoms in total. The predicted molar refractivity (Wildman–Crippen MR) is 91.3 cm³/mol. The summed E-state index contributed by atoms with van der Waals surface area (Å²) in [6.45, 7) is 1.21. The molecule has 5 heteroatoms. The molecule has 24 heavy (non-hydrogen) atoms. The van der Waals surface area contributed by atoms with Crippen LogP contribution in [0.3, 0.4) is 0 Å². The molecule has 2 N–H and O–H groups in total. The van der Waals surface area contributed by atoms with E-state index in [-0.39, 0.29) is 25.1 Å². The number of furan rings is 1. The Labute approximate surface area is 142 Å². The van der Waals surface area contributed by atoms with E-state index in [0.717, 1.165) is 25.0 Å². The summed E-state index contributed by atoms with van der Waals surface area (Å²) in [4.78, 5) is 14.4. The molecule has 1 aromatic carbocycles. The van der Waals surface area contributed by atoms with Gasteiger partial charge in [0.05, 0.1) is 26.0 Å². The van der Waals surface area contributed by atoms with Crippen LogP contribution in [0.4, 0.5) is 0 Å². The second kappa shape index (κ2) is 8.13. The van der Waals surface area contributed by atoms with E-state index in [0.29, 0.717) is 13.1 Å². The van der Waals surface area contributed by atoms with Crippen LogP contribution in [0.1, 0.15) is 35.8 Å². The van der Waals surface area contributed by atoms with E-state index in [9.17, 15) is 9.90 Å². The number of hydrogen-bond donors (Lipinski definition) is 2. The Morgan fingerprint density at radius 2 is 2.17 bits per heavy atom. The number of benzene rings is 1. The van der Waals surface area contributed by atoms with Gasteiger partial charge in [-0.2, -0.15) is 0 Å². The number of aliphatic hydroxyl groups excluding tert-OH is 1. The standard InChI is InChI=1S/C19H24N2O3/c22-11-10-21(14-19(23)20-13-16-7-4-12-24-16)18-9-3-6-15-5-1-2-8-17(15)18/h1-2,4-5,7-8,12,18,22H,3,6,9-11,13-14H2,(H,20,23). The monoisotopic (exact) mass is 328 g/mol. The second-order valence-corrected chi connectivity index (χ2v) is 6.16. The van der Waals surface area contributed by atoms with Gasteiger partial charge in [0, 0.05) is 12.6 Å². The SMILES string of the molecule is O=C(CN(CCO)C1CCCc2ccccc21)NCc1ccco1. The molecule has 1 heterocycles. The number of hydrogen-bond acceptors (Lipinski definition) is 4. The average molecular weight is 328 g/mol. The Kier molecular flexibility index (Phi) is 5.67. The normalized spacial score (nSPS) is 16.8. The smallest absolute Gasteiger partial charge is 0.234 e. The molecule has 3 rings (SSSR count). The van der Waals surface area contributed by atoms with Gasteiger partial charge in [-0.15, -0.1) is 0 Å². The van der Waals surface area contributed by atoms with Crippen molar-refractivity contribution in [2.45, 2.75) is 31.8 Å². The summed E-state index contributed by atoms with van der Waals surface area (Å²) in [7, 11) is 0. The lowest BCUT2D eigenvalue weighted by molar-refractivity contribution is -0.123. The first kappa shape index (κ1) is 16.7. The van der Waals surface area contributed by atoms with E-state index in [2.05, 4.69) is 28.4 Å². The van der Waals surface area contributed by atoms with E-state index in [1.807, 2.05) is 12.1 Å². The zero-order valence-electron chi connectivity index (χ0n) is 13.8. The van der Waals surface area contributed by atoms with Crippen molar-refractivity contribution < 1.29 is 14.3 Å². The minimum Gasteiger partial charge on any atom is -0.467 e. The maximum Gasteiger partial charge on any atom is 0.234 e. The quantitative estimate of drug-likeness (QED) is 0.818. The fourth-order valence-corrected chi connectivity index (χ4v) is 3.42. The van der Waals surface area contributed by atoms with Gasteiger partial charge in [0.1, 0.15) is 5.76 Å². The lowest BCUT2D eigenvalue weighted by atomic mass is 9.87. The van der Waals surface area contributed by atoms with Crippen LogP contribution < -0.4 is 5.32 Å². The van der Waals surface area contributed by atoms with Crippen molar-refractivity contribution in [2.24, 2.45) is 0 Å². The number of rotatable bonds is 7. The van der Waals surface area contributed by atoms with Crippen molar-refractivity contribution >= 4 is 5.91 Å². The Hall–Kier alpha value is -2.11. The summed E-state index contributed by atoms with van der Waals surface area (Å²) in [6.07, 6.45) is 4.81. The molecule has 1 atom stereocenters. The number of carbonyl (C=O) groups is 1. The zero-order valence-corrected chi connectivity index (χ0v) is 13.8. The maximum atomic E-state index is 12.3. The largest absolute Gasteiger partial charge is 0.467 e. The van der Waals surface area contributed by atoms with Crippen LogP contribution in [0.15, 0.2) is 47.1 Å². The number of nitrogens with one attached hydrogen (secondary N) is 1. The molecule has 1 aliphatic carbocycles. The molecule has 0 spiro atoms. The summed E-state index contributed by atoms with van der Waals surface area (Å²) < 4.78 is 5.23. The highest BCUT2D eigenvalue weighted by molar-refractivity contribution is 5.78. The van der Waals surface area contributed by atoms with Crippen LogP contribution in [0.2, 0.25) is 0 Å². The van der Waals surface area contributed by atoms with Crippen LogP contribution >= 0.6 is 0 Å². The van der Waals surface area contributed by atoms with Gasteiger partial charge in [0.25, 0.3) is 0 Å². The highest BCUT2D eigenvalue weighted by Crippen LogP contribution is 2.33. The summed E-state index contributed by atoms with van der Waals surface area (Å²) in [6, 6.07) is 12.2. The van der Waals surface area contributed by atoms with Crippen molar-refractivity contribution in [3.8, 4) is 0 Å². The van der Waals surface area contributed by atoms with Crippen molar-refractivity contribution in [1.29, 1.82) is 0 Å². The molecule has 0 aliphatic heterocycles. The van der Waals surface area contributed by atoms with Crippen molar-refractivity contribution in [2.75, 3.05) is 19.7 Å². The van der Waals surface area contributed by atoms with E-state index in [4.69, 9.17) is 4.42 Å². The van der Waals surface area contributed by atoms with Crippen molar-refractivity contribution in [3.05, 3.63) is 59.5 Å². The molecule has 0 saturated heterocycles. The Bertz CT molecular complexity index is 654. The first-order valence-corrected chi connectivity index (χ1v) is 8.49. The van der Waals surface area contributed by atoms with Crippen LogP contribution in [0.5, 0.6) is 0 Å². The van der Waals surface area contributed by atoms with E-state index in [1.54, 1.807) is 12.3 Å². The number of fused-ring (bicyclic) bond motifs is 1. The fourth-order valence-electron chi connectivity index (χ4n) is 3.42. The third-order valence-corrected chi connectivity index (χ3v) is 4.55. The van der Waals surface area contributed by atoms with E-state index < -0.39 is 0 Å². The van der Waals surface area contributed by atoms with Gasteiger partial charge < -0.3 is 14.8 Å². The molecular formula is C19H24N2O3. The average Bonchev–Trinajstić information content (AvgIpc) is 3.13. The van der Waals surface area contributed by atoms with Gasteiger partial charge in [0.15, 0.2) is 0 Å². The molecule has 0 fully saturated rings. The van der Waals surface area contributed by atoms with Gasteiger partial charge in [-0.25, -0.2) is 0 Å². The molecule has 0 radical (unpaired) electrons. The molecule has 1 aromatic heterocycles. The number of amides is 1. The molecular weight excluding hydrogens is 304 g/mol. The predicted octanol–water partition coefficient (Wildman–Crippen LogP) is 2.27. The summed E-state index contributed by atoms with van der Waals surface area (Å²) >= 11 is 0. The van der Waals surface area contributed by atoms with Crippen molar-refractivity contribution in [3.63, 3.8) is 0 Å². The molecule has 1 aliphatic rings. The summed E-state index contributed by atoms with van der Waals surface area (Å²) in [5.74, 6) is 0.683. The lowest BCUT2D eigenvalue weighted by Gasteiger charge is -2.35. The Balaban J connectivity index is 1.65. The Morgan fingerprint density at radius 3 is 2.96 bits per heavy atom.